The van der Waals surface area contributed by atoms with Crippen LogP contribution < -0.4 is 5.32 Å². The molecule has 124 valence electrons. The van der Waals surface area contributed by atoms with Crippen molar-refractivity contribution in [2.24, 2.45) is 0 Å². The molecule has 0 aliphatic carbocycles. The highest BCUT2D eigenvalue weighted by Gasteiger charge is 2.21. The molecular formula is C17H23ClN4O. The molecule has 6 heteroatoms. The zero-order valence-corrected chi connectivity index (χ0v) is 14.2. The van der Waals surface area contributed by atoms with Gasteiger partial charge in [0.05, 0.1) is 18.3 Å². The summed E-state index contributed by atoms with van der Waals surface area (Å²) >= 11 is 0. The minimum atomic E-state index is 0. The lowest BCUT2D eigenvalue weighted by Gasteiger charge is -2.19. The van der Waals surface area contributed by atoms with Crippen LogP contribution >= 0.6 is 12.4 Å². The molecule has 1 aromatic carbocycles. The van der Waals surface area contributed by atoms with Gasteiger partial charge < -0.3 is 10.2 Å². The number of hydrogen-bond acceptors (Lipinski definition) is 3. The third-order valence-corrected chi connectivity index (χ3v) is 4.14. The molecule has 5 nitrogen and oxygen atoms in total. The van der Waals surface area contributed by atoms with Gasteiger partial charge in [0.1, 0.15) is 0 Å². The maximum absolute atomic E-state index is 12.7. The van der Waals surface area contributed by atoms with Crippen molar-refractivity contribution < 1.29 is 4.79 Å². The predicted molar refractivity (Wildman–Crippen MR) is 93.1 cm³/mol. The fourth-order valence-electron chi connectivity index (χ4n) is 2.79. The molecular weight excluding hydrogens is 312 g/mol. The summed E-state index contributed by atoms with van der Waals surface area (Å²) in [5.74, 6) is 0.0977. The van der Waals surface area contributed by atoms with Gasteiger partial charge in [-0.05, 0) is 25.5 Å². The standard InChI is InChI=1S/C17H22N4O.ClH/c1-14-16(17(22)20-10-5-8-18-9-11-20)12-19-21(14)13-15-6-3-2-4-7-15;/h2-4,6-7,12,18H,5,8-11,13H2,1H3;1H. The van der Waals surface area contributed by atoms with E-state index in [-0.39, 0.29) is 18.3 Å². The molecule has 1 aromatic heterocycles. The number of nitrogens with one attached hydrogen (secondary N) is 1. The van der Waals surface area contributed by atoms with Gasteiger partial charge in [-0.25, -0.2) is 0 Å². The van der Waals surface area contributed by atoms with Crippen LogP contribution in [0.2, 0.25) is 0 Å². The number of rotatable bonds is 3. The van der Waals surface area contributed by atoms with Gasteiger partial charge in [-0.2, -0.15) is 5.10 Å². The topological polar surface area (TPSA) is 50.2 Å². The van der Waals surface area contributed by atoms with Gasteiger partial charge in [0.2, 0.25) is 0 Å². The second-order valence-corrected chi connectivity index (χ2v) is 5.68. The molecule has 0 atom stereocenters. The molecule has 1 amide bonds. The molecule has 0 saturated carbocycles. The van der Waals surface area contributed by atoms with Gasteiger partial charge in [-0.3, -0.25) is 9.48 Å². The first-order valence-corrected chi connectivity index (χ1v) is 7.82. The monoisotopic (exact) mass is 334 g/mol. The molecule has 1 N–H and O–H groups in total. The number of carbonyl (C=O) groups excluding carboxylic acids is 1. The van der Waals surface area contributed by atoms with E-state index in [2.05, 4.69) is 22.5 Å². The molecule has 1 saturated heterocycles. The second kappa shape index (κ2) is 8.13. The molecule has 0 bridgehead atoms. The second-order valence-electron chi connectivity index (χ2n) is 5.68. The van der Waals surface area contributed by atoms with Gasteiger partial charge in [0.25, 0.3) is 5.91 Å². The zero-order chi connectivity index (χ0) is 15.4. The Morgan fingerprint density at radius 3 is 2.78 bits per heavy atom. The Kier molecular flexibility index (Phi) is 6.19. The van der Waals surface area contributed by atoms with Gasteiger partial charge in [0, 0.05) is 25.3 Å². The summed E-state index contributed by atoms with van der Waals surface area (Å²) in [5.41, 5.74) is 2.84. The van der Waals surface area contributed by atoms with Crippen LogP contribution in [0.15, 0.2) is 36.5 Å². The van der Waals surface area contributed by atoms with Crippen LogP contribution in [0.25, 0.3) is 0 Å². The fraction of sp³-hybridized carbons (Fsp3) is 0.412. The molecule has 2 aromatic rings. The third kappa shape index (κ3) is 4.12. The number of nitrogens with zero attached hydrogens (tertiary/aromatic N) is 3. The van der Waals surface area contributed by atoms with E-state index < -0.39 is 0 Å². The predicted octanol–water partition coefficient (Wildman–Crippen LogP) is 2.10. The fourth-order valence-corrected chi connectivity index (χ4v) is 2.79. The van der Waals surface area contributed by atoms with Crippen molar-refractivity contribution >= 4 is 18.3 Å². The summed E-state index contributed by atoms with van der Waals surface area (Å²) in [5, 5.41) is 7.73. The Balaban J connectivity index is 0.00000192. The summed E-state index contributed by atoms with van der Waals surface area (Å²) in [6.45, 7) is 6.09. The molecule has 0 radical (unpaired) electrons. The van der Waals surface area contributed by atoms with E-state index in [1.807, 2.05) is 34.7 Å². The SMILES string of the molecule is Cc1c(C(=O)N2CCCNCC2)cnn1Cc1ccccc1.Cl. The number of amides is 1. The smallest absolute Gasteiger partial charge is 0.257 e. The average Bonchev–Trinajstić information content (AvgIpc) is 2.77. The molecule has 1 fully saturated rings. The Labute approximate surface area is 143 Å². The first kappa shape index (κ1) is 17.5. The van der Waals surface area contributed by atoms with Crippen molar-refractivity contribution in [3.05, 3.63) is 53.3 Å². The van der Waals surface area contributed by atoms with E-state index >= 15 is 0 Å². The lowest BCUT2D eigenvalue weighted by molar-refractivity contribution is 0.0765. The van der Waals surface area contributed by atoms with Crippen molar-refractivity contribution in [2.75, 3.05) is 26.2 Å². The van der Waals surface area contributed by atoms with Crippen molar-refractivity contribution in [3.63, 3.8) is 0 Å². The maximum Gasteiger partial charge on any atom is 0.257 e. The summed E-state index contributed by atoms with van der Waals surface area (Å²) in [6.07, 6.45) is 2.71. The lowest BCUT2D eigenvalue weighted by atomic mass is 10.2. The molecule has 1 aliphatic rings. The van der Waals surface area contributed by atoms with E-state index in [0.29, 0.717) is 6.54 Å². The van der Waals surface area contributed by atoms with Crippen LogP contribution in [0.4, 0.5) is 0 Å². The van der Waals surface area contributed by atoms with Gasteiger partial charge in [-0.15, -0.1) is 12.4 Å². The zero-order valence-electron chi connectivity index (χ0n) is 13.4. The van der Waals surface area contributed by atoms with Crippen LogP contribution in [-0.2, 0) is 6.54 Å². The first-order valence-electron chi connectivity index (χ1n) is 7.82. The summed E-state index contributed by atoms with van der Waals surface area (Å²) in [4.78, 5) is 14.6. The summed E-state index contributed by atoms with van der Waals surface area (Å²) in [6, 6.07) is 10.2. The minimum absolute atomic E-state index is 0. The molecule has 23 heavy (non-hydrogen) atoms. The lowest BCUT2D eigenvalue weighted by Crippen LogP contribution is -2.34. The third-order valence-electron chi connectivity index (χ3n) is 4.14. The summed E-state index contributed by atoms with van der Waals surface area (Å²) < 4.78 is 1.90. The number of carbonyl (C=O) groups is 1. The number of halogens is 1. The average molecular weight is 335 g/mol. The highest BCUT2D eigenvalue weighted by Crippen LogP contribution is 2.13. The quantitative estimate of drug-likeness (QED) is 0.935. The van der Waals surface area contributed by atoms with E-state index in [9.17, 15) is 4.79 Å². The van der Waals surface area contributed by atoms with Crippen LogP contribution in [0.5, 0.6) is 0 Å². The van der Waals surface area contributed by atoms with Crippen molar-refractivity contribution in [2.45, 2.75) is 19.9 Å². The van der Waals surface area contributed by atoms with Crippen molar-refractivity contribution in [1.29, 1.82) is 0 Å². The van der Waals surface area contributed by atoms with Crippen molar-refractivity contribution in [1.82, 2.24) is 20.0 Å². The number of aromatic nitrogens is 2. The maximum atomic E-state index is 12.7. The Morgan fingerprint density at radius 1 is 1.22 bits per heavy atom. The highest BCUT2D eigenvalue weighted by molar-refractivity contribution is 5.95. The van der Waals surface area contributed by atoms with Crippen LogP contribution in [0.3, 0.4) is 0 Å². The van der Waals surface area contributed by atoms with Crippen molar-refractivity contribution in [3.8, 4) is 0 Å². The van der Waals surface area contributed by atoms with Crippen LogP contribution in [-0.4, -0.2) is 46.8 Å². The Hall–Kier alpha value is -1.85. The molecule has 1 aliphatic heterocycles. The van der Waals surface area contributed by atoms with Gasteiger partial charge >= 0.3 is 0 Å². The molecule has 0 unspecified atom stereocenters. The first-order chi connectivity index (χ1) is 10.8. The summed E-state index contributed by atoms with van der Waals surface area (Å²) in [7, 11) is 0. The van der Waals surface area contributed by atoms with E-state index in [1.165, 1.54) is 5.56 Å². The minimum Gasteiger partial charge on any atom is -0.337 e. The van der Waals surface area contributed by atoms with E-state index in [4.69, 9.17) is 0 Å². The number of benzene rings is 1. The molecule has 0 spiro atoms. The van der Waals surface area contributed by atoms with Crippen LogP contribution in [0, 0.1) is 6.92 Å². The number of hydrogen-bond donors (Lipinski definition) is 1. The van der Waals surface area contributed by atoms with Gasteiger partial charge in [0.15, 0.2) is 0 Å². The van der Waals surface area contributed by atoms with Crippen LogP contribution in [0.1, 0.15) is 28.0 Å². The highest BCUT2D eigenvalue weighted by atomic mass is 35.5. The van der Waals surface area contributed by atoms with E-state index in [1.54, 1.807) is 6.20 Å². The van der Waals surface area contributed by atoms with Gasteiger partial charge in [-0.1, -0.05) is 30.3 Å². The largest absolute Gasteiger partial charge is 0.337 e. The molecule has 2 heterocycles. The Morgan fingerprint density at radius 2 is 2.00 bits per heavy atom. The molecule has 3 rings (SSSR count). The Bertz CT molecular complexity index is 633. The van der Waals surface area contributed by atoms with E-state index in [0.717, 1.165) is 43.9 Å². The normalized spacial score (nSPS) is 14.9.